The first-order chi connectivity index (χ1) is 7.09. The van der Waals surface area contributed by atoms with Gasteiger partial charge in [-0.2, -0.15) is 5.10 Å². The molecule has 0 fully saturated rings. The van der Waals surface area contributed by atoms with E-state index < -0.39 is 0 Å². The predicted octanol–water partition coefficient (Wildman–Crippen LogP) is 2.96. The van der Waals surface area contributed by atoms with Crippen LogP contribution in [0.4, 0.5) is 0 Å². The van der Waals surface area contributed by atoms with Crippen molar-refractivity contribution in [3.05, 3.63) is 40.1 Å². The van der Waals surface area contributed by atoms with Gasteiger partial charge in [-0.1, -0.05) is 15.9 Å². The molecule has 2 aromatic rings. The second-order valence-electron chi connectivity index (χ2n) is 3.41. The lowest BCUT2D eigenvalue weighted by atomic mass is 10.3. The van der Waals surface area contributed by atoms with Gasteiger partial charge in [-0.3, -0.25) is 0 Å². The highest BCUT2D eigenvalue weighted by Gasteiger charge is 2.10. The molecule has 0 saturated heterocycles. The third-order valence-corrected chi connectivity index (χ3v) is 2.85. The molecule has 78 valence electrons. The van der Waals surface area contributed by atoms with Crippen molar-refractivity contribution >= 4 is 15.9 Å². The fourth-order valence-electron chi connectivity index (χ4n) is 1.47. The molecule has 1 heterocycles. The number of aromatic hydroxyl groups is 1. The summed E-state index contributed by atoms with van der Waals surface area (Å²) in [5.41, 5.74) is 2.35. The Bertz CT molecular complexity index is 488. The van der Waals surface area contributed by atoms with E-state index >= 15 is 0 Å². The van der Waals surface area contributed by atoms with Gasteiger partial charge in [0, 0.05) is 4.47 Å². The van der Waals surface area contributed by atoms with Crippen LogP contribution in [0.25, 0.3) is 5.69 Å². The van der Waals surface area contributed by atoms with Crippen LogP contribution in [0.1, 0.15) is 11.4 Å². The number of hydrogen-bond donors (Lipinski definition) is 1. The second kappa shape index (κ2) is 3.70. The first-order valence-corrected chi connectivity index (χ1v) is 5.40. The molecule has 2 rings (SSSR count). The summed E-state index contributed by atoms with van der Waals surface area (Å²) < 4.78 is 2.76. The molecule has 0 unspecified atom stereocenters. The molecule has 0 atom stereocenters. The smallest absolute Gasteiger partial charge is 0.159 e. The van der Waals surface area contributed by atoms with Crippen molar-refractivity contribution in [1.29, 1.82) is 0 Å². The number of aryl methyl sites for hydroxylation is 1. The summed E-state index contributed by atoms with van der Waals surface area (Å²) in [5.74, 6) is 0.262. The standard InChI is InChI=1S/C11H11BrN2O/c1-7-11(15)8(2)14(13-7)10-5-3-9(12)4-6-10/h3-6,15H,1-2H3. The zero-order valence-electron chi connectivity index (χ0n) is 8.53. The van der Waals surface area contributed by atoms with E-state index in [-0.39, 0.29) is 5.75 Å². The van der Waals surface area contributed by atoms with Crippen molar-refractivity contribution in [2.24, 2.45) is 0 Å². The first kappa shape index (κ1) is 10.2. The van der Waals surface area contributed by atoms with E-state index in [9.17, 15) is 5.11 Å². The van der Waals surface area contributed by atoms with Gasteiger partial charge in [0.25, 0.3) is 0 Å². The molecule has 15 heavy (non-hydrogen) atoms. The average molecular weight is 267 g/mol. The Kier molecular flexibility index (Phi) is 2.52. The second-order valence-corrected chi connectivity index (χ2v) is 4.32. The molecule has 0 bridgehead atoms. The van der Waals surface area contributed by atoms with Gasteiger partial charge in [-0.25, -0.2) is 4.68 Å². The Hall–Kier alpha value is -1.29. The highest BCUT2D eigenvalue weighted by Crippen LogP contribution is 2.23. The van der Waals surface area contributed by atoms with Crippen LogP contribution in [-0.2, 0) is 0 Å². The molecule has 1 aromatic carbocycles. The zero-order valence-corrected chi connectivity index (χ0v) is 10.1. The molecule has 0 aliphatic heterocycles. The Morgan fingerprint density at radius 1 is 1.20 bits per heavy atom. The van der Waals surface area contributed by atoms with E-state index in [1.807, 2.05) is 31.2 Å². The van der Waals surface area contributed by atoms with E-state index in [2.05, 4.69) is 21.0 Å². The fraction of sp³-hybridized carbons (Fsp3) is 0.182. The molecule has 0 aliphatic carbocycles. The highest BCUT2D eigenvalue weighted by molar-refractivity contribution is 9.10. The largest absolute Gasteiger partial charge is 0.504 e. The van der Waals surface area contributed by atoms with Crippen LogP contribution in [0, 0.1) is 13.8 Å². The summed E-state index contributed by atoms with van der Waals surface area (Å²) in [6, 6.07) is 7.79. The van der Waals surface area contributed by atoms with Gasteiger partial charge in [0.1, 0.15) is 5.69 Å². The van der Waals surface area contributed by atoms with Gasteiger partial charge in [-0.15, -0.1) is 0 Å². The summed E-state index contributed by atoms with van der Waals surface area (Å²) in [5, 5.41) is 13.9. The molecule has 0 spiro atoms. The summed E-state index contributed by atoms with van der Waals surface area (Å²) in [4.78, 5) is 0. The van der Waals surface area contributed by atoms with Gasteiger partial charge in [0.05, 0.1) is 11.4 Å². The molecule has 3 nitrogen and oxygen atoms in total. The highest BCUT2D eigenvalue weighted by atomic mass is 79.9. The van der Waals surface area contributed by atoms with Crippen molar-refractivity contribution in [1.82, 2.24) is 9.78 Å². The number of benzene rings is 1. The molecule has 1 N–H and O–H groups in total. The summed E-state index contributed by atoms with van der Waals surface area (Å²) >= 11 is 3.38. The number of aromatic nitrogens is 2. The normalized spacial score (nSPS) is 10.6. The van der Waals surface area contributed by atoms with Crippen LogP contribution in [0.2, 0.25) is 0 Å². The van der Waals surface area contributed by atoms with Crippen molar-refractivity contribution in [3.63, 3.8) is 0 Å². The number of rotatable bonds is 1. The van der Waals surface area contributed by atoms with Crippen LogP contribution >= 0.6 is 15.9 Å². The van der Waals surface area contributed by atoms with Gasteiger partial charge in [0.2, 0.25) is 0 Å². The van der Waals surface area contributed by atoms with Gasteiger partial charge >= 0.3 is 0 Å². The minimum Gasteiger partial charge on any atom is -0.504 e. The lowest BCUT2D eigenvalue weighted by Crippen LogP contribution is -1.98. The van der Waals surface area contributed by atoms with E-state index in [1.165, 1.54) is 0 Å². The number of halogens is 1. The Morgan fingerprint density at radius 3 is 2.27 bits per heavy atom. The van der Waals surface area contributed by atoms with Crippen molar-refractivity contribution in [3.8, 4) is 11.4 Å². The van der Waals surface area contributed by atoms with Crippen LogP contribution in [0.15, 0.2) is 28.7 Å². The minimum atomic E-state index is 0.262. The van der Waals surface area contributed by atoms with Crippen LogP contribution in [0.3, 0.4) is 0 Å². The third-order valence-electron chi connectivity index (χ3n) is 2.32. The predicted molar refractivity (Wildman–Crippen MR) is 62.4 cm³/mol. The maximum Gasteiger partial charge on any atom is 0.159 e. The monoisotopic (exact) mass is 266 g/mol. The van der Waals surface area contributed by atoms with E-state index in [0.29, 0.717) is 5.69 Å². The van der Waals surface area contributed by atoms with Gasteiger partial charge < -0.3 is 5.11 Å². The lowest BCUT2D eigenvalue weighted by molar-refractivity contribution is 0.466. The van der Waals surface area contributed by atoms with E-state index in [1.54, 1.807) is 11.6 Å². The molecule has 0 aliphatic rings. The topological polar surface area (TPSA) is 38.0 Å². The van der Waals surface area contributed by atoms with Crippen LogP contribution < -0.4 is 0 Å². The molecular weight excluding hydrogens is 256 g/mol. The molecule has 4 heteroatoms. The SMILES string of the molecule is Cc1nn(-c2ccc(Br)cc2)c(C)c1O. The summed E-state index contributed by atoms with van der Waals surface area (Å²) in [6.45, 7) is 3.63. The Labute approximate surface area is 96.5 Å². The Balaban J connectivity index is 2.54. The summed E-state index contributed by atoms with van der Waals surface area (Å²) in [7, 11) is 0. The average Bonchev–Trinajstić information content (AvgIpc) is 2.47. The maximum absolute atomic E-state index is 9.65. The van der Waals surface area contributed by atoms with Gasteiger partial charge in [0.15, 0.2) is 5.75 Å². The van der Waals surface area contributed by atoms with Crippen LogP contribution in [0.5, 0.6) is 5.75 Å². The van der Waals surface area contributed by atoms with Crippen molar-refractivity contribution in [2.75, 3.05) is 0 Å². The molecule has 0 amide bonds. The zero-order chi connectivity index (χ0) is 11.0. The number of hydrogen-bond acceptors (Lipinski definition) is 2. The van der Waals surface area contributed by atoms with Gasteiger partial charge in [-0.05, 0) is 38.1 Å². The number of nitrogens with zero attached hydrogens (tertiary/aromatic N) is 2. The van der Waals surface area contributed by atoms with Crippen molar-refractivity contribution in [2.45, 2.75) is 13.8 Å². The quantitative estimate of drug-likeness (QED) is 0.862. The lowest BCUT2D eigenvalue weighted by Gasteiger charge is -2.03. The van der Waals surface area contributed by atoms with E-state index in [4.69, 9.17) is 0 Å². The minimum absolute atomic E-state index is 0.262. The van der Waals surface area contributed by atoms with E-state index in [0.717, 1.165) is 15.9 Å². The first-order valence-electron chi connectivity index (χ1n) is 4.60. The molecule has 1 aromatic heterocycles. The Morgan fingerprint density at radius 2 is 1.80 bits per heavy atom. The molecule has 0 saturated carbocycles. The van der Waals surface area contributed by atoms with Crippen molar-refractivity contribution < 1.29 is 5.11 Å². The fourth-order valence-corrected chi connectivity index (χ4v) is 1.73. The molecular formula is C11H11BrN2O. The third kappa shape index (κ3) is 1.77. The summed E-state index contributed by atoms with van der Waals surface area (Å²) in [6.07, 6.45) is 0. The molecule has 0 radical (unpaired) electrons. The van der Waals surface area contributed by atoms with Crippen LogP contribution in [-0.4, -0.2) is 14.9 Å². The maximum atomic E-state index is 9.65.